The summed E-state index contributed by atoms with van der Waals surface area (Å²) in [7, 11) is 2.16. The van der Waals surface area contributed by atoms with E-state index in [1.165, 1.54) is 32.1 Å². The number of likely N-dealkylation sites (N-methyl/N-ethyl adjacent to an activating group) is 1. The number of carbonyl (C=O) groups excluding carboxylic acids is 1. The zero-order valence-corrected chi connectivity index (χ0v) is 13.4. The number of aliphatic hydroxyl groups is 1. The van der Waals surface area contributed by atoms with Gasteiger partial charge in [-0.15, -0.1) is 0 Å². The molecule has 1 saturated carbocycles. The SMILES string of the molecule is CN(CCNC(=O)N1CCCCC1CCO)C1CCCC1. The largest absolute Gasteiger partial charge is 0.396 e. The maximum atomic E-state index is 12.3. The Hall–Kier alpha value is -0.810. The minimum absolute atomic E-state index is 0.0490. The number of likely N-dealkylation sites (tertiary alicyclic amines) is 1. The molecule has 1 atom stereocenters. The molecule has 2 rings (SSSR count). The Balaban J connectivity index is 1.70. The summed E-state index contributed by atoms with van der Waals surface area (Å²) >= 11 is 0. The van der Waals surface area contributed by atoms with Gasteiger partial charge in [0.25, 0.3) is 0 Å². The van der Waals surface area contributed by atoms with Gasteiger partial charge in [0.15, 0.2) is 0 Å². The van der Waals surface area contributed by atoms with Crippen molar-refractivity contribution in [3.05, 3.63) is 0 Å². The van der Waals surface area contributed by atoms with Gasteiger partial charge in [-0.2, -0.15) is 0 Å². The molecule has 0 aromatic heterocycles. The summed E-state index contributed by atoms with van der Waals surface area (Å²) in [5, 5.41) is 12.2. The van der Waals surface area contributed by atoms with Crippen LogP contribution in [-0.2, 0) is 0 Å². The lowest BCUT2D eigenvalue weighted by molar-refractivity contribution is 0.130. The Morgan fingerprint density at radius 3 is 2.67 bits per heavy atom. The zero-order valence-electron chi connectivity index (χ0n) is 13.4. The maximum absolute atomic E-state index is 12.3. The summed E-state index contributed by atoms with van der Waals surface area (Å²) in [5.41, 5.74) is 0. The van der Waals surface area contributed by atoms with Crippen molar-refractivity contribution in [1.82, 2.24) is 15.1 Å². The van der Waals surface area contributed by atoms with Crippen molar-refractivity contribution in [1.29, 1.82) is 0 Å². The minimum atomic E-state index is 0.0490. The minimum Gasteiger partial charge on any atom is -0.396 e. The van der Waals surface area contributed by atoms with Crippen LogP contribution in [0.4, 0.5) is 4.79 Å². The number of amides is 2. The Bertz CT molecular complexity index is 317. The van der Waals surface area contributed by atoms with Crippen LogP contribution in [0.3, 0.4) is 0 Å². The molecule has 1 aliphatic heterocycles. The summed E-state index contributed by atoms with van der Waals surface area (Å²) in [6, 6.07) is 0.975. The van der Waals surface area contributed by atoms with Gasteiger partial charge in [-0.25, -0.2) is 4.79 Å². The van der Waals surface area contributed by atoms with Crippen LogP contribution < -0.4 is 5.32 Å². The van der Waals surface area contributed by atoms with E-state index in [0.29, 0.717) is 19.0 Å². The summed E-state index contributed by atoms with van der Waals surface area (Å²) in [6.07, 6.45) is 9.27. The lowest BCUT2D eigenvalue weighted by atomic mass is 10.0. The topological polar surface area (TPSA) is 55.8 Å². The number of aliphatic hydroxyl groups excluding tert-OH is 1. The second kappa shape index (κ2) is 8.59. The Morgan fingerprint density at radius 2 is 1.95 bits per heavy atom. The van der Waals surface area contributed by atoms with Crippen molar-refractivity contribution in [3.63, 3.8) is 0 Å². The normalized spacial score (nSPS) is 23.8. The number of nitrogens with zero attached hydrogens (tertiary/aromatic N) is 2. The first-order valence-electron chi connectivity index (χ1n) is 8.58. The summed E-state index contributed by atoms with van der Waals surface area (Å²) < 4.78 is 0. The van der Waals surface area contributed by atoms with Gasteiger partial charge in [0.05, 0.1) is 0 Å². The van der Waals surface area contributed by atoms with Gasteiger partial charge in [-0.3, -0.25) is 0 Å². The third-order valence-electron chi connectivity index (χ3n) is 5.04. The first kappa shape index (κ1) is 16.6. The third-order valence-corrected chi connectivity index (χ3v) is 5.04. The van der Waals surface area contributed by atoms with Gasteiger partial charge < -0.3 is 20.2 Å². The fourth-order valence-corrected chi connectivity index (χ4v) is 3.69. The van der Waals surface area contributed by atoms with E-state index in [-0.39, 0.29) is 18.7 Å². The van der Waals surface area contributed by atoms with Crippen LogP contribution in [0.2, 0.25) is 0 Å². The van der Waals surface area contributed by atoms with E-state index < -0.39 is 0 Å². The average Bonchev–Trinajstić information content (AvgIpc) is 3.02. The van der Waals surface area contributed by atoms with Crippen molar-refractivity contribution in [3.8, 4) is 0 Å². The van der Waals surface area contributed by atoms with Crippen LogP contribution in [-0.4, -0.2) is 66.3 Å². The standard InChI is InChI=1S/C16H31N3O2/c1-18(14-6-2-3-7-14)12-10-17-16(21)19-11-5-4-8-15(19)9-13-20/h14-15,20H,2-13H2,1H3,(H,17,21). The second-order valence-electron chi connectivity index (χ2n) is 6.51. The predicted octanol–water partition coefficient (Wildman–Crippen LogP) is 1.81. The predicted molar refractivity (Wildman–Crippen MR) is 84.3 cm³/mol. The van der Waals surface area contributed by atoms with Crippen LogP contribution in [0, 0.1) is 0 Å². The van der Waals surface area contributed by atoms with Crippen molar-refractivity contribution >= 4 is 6.03 Å². The molecule has 2 amide bonds. The fourth-order valence-electron chi connectivity index (χ4n) is 3.69. The average molecular weight is 297 g/mol. The second-order valence-corrected chi connectivity index (χ2v) is 6.51. The molecule has 0 bridgehead atoms. The molecule has 2 N–H and O–H groups in total. The lowest BCUT2D eigenvalue weighted by Crippen LogP contribution is -2.50. The molecule has 2 fully saturated rings. The van der Waals surface area contributed by atoms with E-state index in [4.69, 9.17) is 5.11 Å². The van der Waals surface area contributed by atoms with E-state index in [1.807, 2.05) is 4.90 Å². The highest BCUT2D eigenvalue weighted by molar-refractivity contribution is 5.74. The monoisotopic (exact) mass is 297 g/mol. The summed E-state index contributed by atoms with van der Waals surface area (Å²) in [4.78, 5) is 16.6. The van der Waals surface area contributed by atoms with Gasteiger partial charge in [0.2, 0.25) is 0 Å². The molecule has 122 valence electrons. The molecule has 5 nitrogen and oxygen atoms in total. The van der Waals surface area contributed by atoms with Crippen LogP contribution >= 0.6 is 0 Å². The molecule has 21 heavy (non-hydrogen) atoms. The Labute approximate surface area is 128 Å². The Kier molecular flexibility index (Phi) is 6.77. The summed E-state index contributed by atoms with van der Waals surface area (Å²) in [5.74, 6) is 0. The molecule has 1 aliphatic carbocycles. The highest BCUT2D eigenvalue weighted by Gasteiger charge is 2.26. The van der Waals surface area contributed by atoms with Crippen LogP contribution in [0.25, 0.3) is 0 Å². The number of carbonyl (C=O) groups is 1. The van der Waals surface area contributed by atoms with Crippen molar-refractivity contribution < 1.29 is 9.90 Å². The smallest absolute Gasteiger partial charge is 0.317 e. The van der Waals surface area contributed by atoms with Crippen molar-refractivity contribution in [2.45, 2.75) is 63.5 Å². The van der Waals surface area contributed by atoms with Gasteiger partial charge in [-0.05, 0) is 45.6 Å². The van der Waals surface area contributed by atoms with Crippen molar-refractivity contribution in [2.75, 3.05) is 33.3 Å². The highest BCUT2D eigenvalue weighted by atomic mass is 16.3. The molecule has 0 aromatic carbocycles. The van der Waals surface area contributed by atoms with Crippen LogP contribution in [0.1, 0.15) is 51.4 Å². The van der Waals surface area contributed by atoms with Crippen LogP contribution in [0.15, 0.2) is 0 Å². The Morgan fingerprint density at radius 1 is 1.24 bits per heavy atom. The van der Waals surface area contributed by atoms with E-state index in [0.717, 1.165) is 25.9 Å². The zero-order chi connectivity index (χ0) is 15.1. The van der Waals surface area contributed by atoms with E-state index in [1.54, 1.807) is 0 Å². The molecular weight excluding hydrogens is 266 g/mol. The third kappa shape index (κ3) is 4.85. The molecule has 0 radical (unpaired) electrons. The molecule has 1 saturated heterocycles. The molecule has 1 unspecified atom stereocenters. The van der Waals surface area contributed by atoms with Crippen LogP contribution in [0.5, 0.6) is 0 Å². The highest BCUT2D eigenvalue weighted by Crippen LogP contribution is 2.22. The van der Waals surface area contributed by atoms with Gasteiger partial charge in [0, 0.05) is 38.3 Å². The van der Waals surface area contributed by atoms with E-state index in [2.05, 4.69) is 17.3 Å². The quantitative estimate of drug-likeness (QED) is 0.786. The number of urea groups is 1. The number of rotatable bonds is 6. The number of hydrogen-bond acceptors (Lipinski definition) is 3. The molecular formula is C16H31N3O2. The molecule has 5 heteroatoms. The lowest BCUT2D eigenvalue weighted by Gasteiger charge is -2.35. The molecule has 2 aliphatic rings. The maximum Gasteiger partial charge on any atom is 0.317 e. The molecule has 1 heterocycles. The fraction of sp³-hybridized carbons (Fsp3) is 0.938. The van der Waals surface area contributed by atoms with Gasteiger partial charge in [0.1, 0.15) is 0 Å². The van der Waals surface area contributed by atoms with Crippen molar-refractivity contribution in [2.24, 2.45) is 0 Å². The van der Waals surface area contributed by atoms with Gasteiger partial charge >= 0.3 is 6.03 Å². The van der Waals surface area contributed by atoms with E-state index in [9.17, 15) is 4.79 Å². The first-order valence-corrected chi connectivity index (χ1v) is 8.58. The van der Waals surface area contributed by atoms with Gasteiger partial charge in [-0.1, -0.05) is 12.8 Å². The number of nitrogens with one attached hydrogen (secondary N) is 1. The molecule has 0 aromatic rings. The summed E-state index contributed by atoms with van der Waals surface area (Å²) in [6.45, 7) is 2.64. The molecule has 0 spiro atoms. The number of piperidine rings is 1. The van der Waals surface area contributed by atoms with E-state index >= 15 is 0 Å². The number of hydrogen-bond donors (Lipinski definition) is 2. The first-order chi connectivity index (χ1) is 10.2.